The molecule has 2 atom stereocenters. The number of benzene rings is 2. The number of halogens is 1. The lowest BCUT2D eigenvalue weighted by Crippen LogP contribution is -2.47. The number of nitrogens with zero attached hydrogens (tertiary/aromatic N) is 1. The van der Waals surface area contributed by atoms with Gasteiger partial charge in [0.05, 0.1) is 6.04 Å². The average Bonchev–Trinajstić information content (AvgIpc) is 2.66. The Bertz CT molecular complexity index is 708. The van der Waals surface area contributed by atoms with Gasteiger partial charge in [-0.2, -0.15) is 0 Å². The third-order valence-corrected chi connectivity index (χ3v) is 4.65. The van der Waals surface area contributed by atoms with Crippen molar-refractivity contribution in [3.05, 3.63) is 71.5 Å². The second kappa shape index (κ2) is 8.12. The van der Waals surface area contributed by atoms with Gasteiger partial charge < -0.3 is 15.3 Å². The standard InChI is InChI=1S/C20H23FN2O2/c21-18-10-4-9-17(12-18)19(16-7-2-1-3-8-16)22-20(25)23-11-5-6-15(13-23)14-24/h1-4,7-10,12,15,19,24H,5-6,11,13-14H2,(H,22,25). The molecule has 132 valence electrons. The van der Waals surface area contributed by atoms with Gasteiger partial charge in [0.2, 0.25) is 0 Å². The van der Waals surface area contributed by atoms with Crippen LogP contribution in [0.15, 0.2) is 54.6 Å². The van der Waals surface area contributed by atoms with E-state index in [0.29, 0.717) is 18.7 Å². The van der Waals surface area contributed by atoms with Gasteiger partial charge in [0.15, 0.2) is 0 Å². The molecule has 5 heteroatoms. The van der Waals surface area contributed by atoms with Gasteiger partial charge in [-0.3, -0.25) is 0 Å². The van der Waals surface area contributed by atoms with Gasteiger partial charge in [-0.1, -0.05) is 42.5 Å². The van der Waals surface area contributed by atoms with Gasteiger partial charge in [-0.15, -0.1) is 0 Å². The third-order valence-electron chi connectivity index (χ3n) is 4.65. The molecule has 0 radical (unpaired) electrons. The lowest BCUT2D eigenvalue weighted by atomic mass is 9.98. The normalized spacial score (nSPS) is 18.6. The van der Waals surface area contributed by atoms with Crippen LogP contribution in [0.3, 0.4) is 0 Å². The Morgan fingerprint density at radius 3 is 2.68 bits per heavy atom. The Balaban J connectivity index is 1.81. The molecule has 2 unspecified atom stereocenters. The molecule has 1 fully saturated rings. The largest absolute Gasteiger partial charge is 0.396 e. The summed E-state index contributed by atoms with van der Waals surface area (Å²) in [5.74, 6) is -0.199. The number of carbonyl (C=O) groups is 1. The van der Waals surface area contributed by atoms with Crippen LogP contribution in [0.5, 0.6) is 0 Å². The summed E-state index contributed by atoms with van der Waals surface area (Å²) in [6.07, 6.45) is 1.82. The summed E-state index contributed by atoms with van der Waals surface area (Å²) in [6.45, 7) is 1.32. The molecule has 4 nitrogen and oxygen atoms in total. The van der Waals surface area contributed by atoms with E-state index in [0.717, 1.165) is 18.4 Å². The van der Waals surface area contributed by atoms with Gasteiger partial charge in [-0.25, -0.2) is 9.18 Å². The van der Waals surface area contributed by atoms with E-state index in [1.165, 1.54) is 12.1 Å². The van der Waals surface area contributed by atoms with E-state index in [1.807, 2.05) is 36.4 Å². The van der Waals surface area contributed by atoms with Gasteiger partial charge in [0, 0.05) is 19.7 Å². The predicted octanol–water partition coefficient (Wildman–Crippen LogP) is 3.33. The molecule has 0 bridgehead atoms. The number of aliphatic hydroxyl groups excluding tert-OH is 1. The Morgan fingerprint density at radius 2 is 1.96 bits per heavy atom. The minimum atomic E-state index is -0.418. The van der Waals surface area contributed by atoms with Crippen LogP contribution >= 0.6 is 0 Å². The zero-order valence-corrected chi connectivity index (χ0v) is 14.1. The number of amides is 2. The number of rotatable bonds is 4. The highest BCUT2D eigenvalue weighted by atomic mass is 19.1. The Kier molecular flexibility index (Phi) is 5.66. The zero-order valence-electron chi connectivity index (χ0n) is 14.1. The smallest absolute Gasteiger partial charge is 0.318 e. The monoisotopic (exact) mass is 342 g/mol. The van der Waals surface area contributed by atoms with Gasteiger partial charge in [-0.05, 0) is 42.0 Å². The molecular formula is C20H23FN2O2. The van der Waals surface area contributed by atoms with E-state index in [9.17, 15) is 14.3 Å². The van der Waals surface area contributed by atoms with Crippen LogP contribution in [0, 0.1) is 11.7 Å². The van der Waals surface area contributed by atoms with E-state index in [4.69, 9.17) is 0 Å². The molecule has 2 amide bonds. The van der Waals surface area contributed by atoms with Crippen molar-refractivity contribution in [3.63, 3.8) is 0 Å². The predicted molar refractivity (Wildman–Crippen MR) is 94.6 cm³/mol. The third kappa shape index (κ3) is 4.37. The second-order valence-electron chi connectivity index (χ2n) is 6.49. The molecule has 2 aromatic carbocycles. The fourth-order valence-corrected chi connectivity index (χ4v) is 3.30. The van der Waals surface area contributed by atoms with Crippen molar-refractivity contribution in [1.82, 2.24) is 10.2 Å². The second-order valence-corrected chi connectivity index (χ2v) is 6.49. The maximum atomic E-state index is 13.7. The fourth-order valence-electron chi connectivity index (χ4n) is 3.30. The van der Waals surface area contributed by atoms with Crippen LogP contribution in [-0.2, 0) is 0 Å². The summed E-state index contributed by atoms with van der Waals surface area (Å²) in [7, 11) is 0. The van der Waals surface area contributed by atoms with Crippen molar-refractivity contribution < 1.29 is 14.3 Å². The zero-order chi connectivity index (χ0) is 17.6. The van der Waals surface area contributed by atoms with Crippen LogP contribution < -0.4 is 5.32 Å². The molecule has 1 saturated heterocycles. The van der Waals surface area contributed by atoms with Crippen molar-refractivity contribution in [2.45, 2.75) is 18.9 Å². The molecule has 0 saturated carbocycles. The summed E-state index contributed by atoms with van der Waals surface area (Å²) in [6, 6.07) is 15.2. The number of likely N-dealkylation sites (tertiary alicyclic amines) is 1. The first kappa shape index (κ1) is 17.4. The fraction of sp³-hybridized carbons (Fsp3) is 0.350. The summed E-state index contributed by atoms with van der Waals surface area (Å²) in [5, 5.41) is 12.4. The van der Waals surface area contributed by atoms with Crippen LogP contribution in [0.4, 0.5) is 9.18 Å². The van der Waals surface area contributed by atoms with E-state index < -0.39 is 6.04 Å². The Labute approximate surface area is 147 Å². The first-order valence-electron chi connectivity index (χ1n) is 8.64. The van der Waals surface area contributed by atoms with Crippen molar-refractivity contribution in [2.75, 3.05) is 19.7 Å². The molecule has 2 aromatic rings. The summed E-state index contributed by atoms with van der Waals surface area (Å²) >= 11 is 0. The highest BCUT2D eigenvalue weighted by Crippen LogP contribution is 2.24. The van der Waals surface area contributed by atoms with Gasteiger partial charge >= 0.3 is 6.03 Å². The molecule has 2 N–H and O–H groups in total. The van der Waals surface area contributed by atoms with Crippen molar-refractivity contribution in [3.8, 4) is 0 Å². The number of carbonyl (C=O) groups excluding carboxylic acids is 1. The van der Waals surface area contributed by atoms with Crippen molar-refractivity contribution >= 4 is 6.03 Å². The van der Waals surface area contributed by atoms with E-state index in [1.54, 1.807) is 11.0 Å². The van der Waals surface area contributed by atoms with Crippen LogP contribution in [0.2, 0.25) is 0 Å². The number of nitrogens with one attached hydrogen (secondary N) is 1. The minimum absolute atomic E-state index is 0.0930. The van der Waals surface area contributed by atoms with E-state index in [2.05, 4.69) is 5.32 Å². The first-order chi connectivity index (χ1) is 12.2. The van der Waals surface area contributed by atoms with E-state index >= 15 is 0 Å². The molecular weight excluding hydrogens is 319 g/mol. The van der Waals surface area contributed by atoms with Crippen LogP contribution in [0.25, 0.3) is 0 Å². The maximum absolute atomic E-state index is 13.7. The van der Waals surface area contributed by atoms with Gasteiger partial charge in [0.25, 0.3) is 0 Å². The van der Waals surface area contributed by atoms with Gasteiger partial charge in [0.1, 0.15) is 5.82 Å². The van der Waals surface area contributed by atoms with Crippen molar-refractivity contribution in [1.29, 1.82) is 0 Å². The molecule has 1 aliphatic heterocycles. The highest BCUT2D eigenvalue weighted by molar-refractivity contribution is 5.75. The number of hydrogen-bond acceptors (Lipinski definition) is 2. The number of aliphatic hydroxyl groups is 1. The lowest BCUT2D eigenvalue weighted by Gasteiger charge is -2.33. The number of hydrogen-bond donors (Lipinski definition) is 2. The Morgan fingerprint density at radius 1 is 1.20 bits per heavy atom. The van der Waals surface area contributed by atoms with Crippen molar-refractivity contribution in [2.24, 2.45) is 5.92 Å². The topological polar surface area (TPSA) is 52.6 Å². The quantitative estimate of drug-likeness (QED) is 0.895. The highest BCUT2D eigenvalue weighted by Gasteiger charge is 2.26. The number of piperidine rings is 1. The minimum Gasteiger partial charge on any atom is -0.396 e. The molecule has 25 heavy (non-hydrogen) atoms. The summed E-state index contributed by atoms with van der Waals surface area (Å²) in [4.78, 5) is 14.5. The number of urea groups is 1. The molecule has 1 aliphatic rings. The average molecular weight is 342 g/mol. The summed E-state index contributed by atoms with van der Waals surface area (Å²) in [5.41, 5.74) is 1.60. The molecule has 3 rings (SSSR count). The molecule has 0 spiro atoms. The van der Waals surface area contributed by atoms with Crippen LogP contribution in [-0.4, -0.2) is 35.7 Å². The molecule has 0 aromatic heterocycles. The Hall–Kier alpha value is -2.40. The molecule has 1 heterocycles. The summed E-state index contributed by atoms with van der Waals surface area (Å²) < 4.78 is 13.7. The van der Waals surface area contributed by atoms with E-state index in [-0.39, 0.29) is 24.4 Å². The lowest BCUT2D eigenvalue weighted by molar-refractivity contribution is 0.128. The SMILES string of the molecule is O=C(NC(c1ccccc1)c1cccc(F)c1)N1CCCC(CO)C1. The molecule has 0 aliphatic carbocycles. The first-order valence-corrected chi connectivity index (χ1v) is 8.64. The van der Waals surface area contributed by atoms with Crippen LogP contribution in [0.1, 0.15) is 30.0 Å². The maximum Gasteiger partial charge on any atom is 0.318 e.